The zero-order valence-electron chi connectivity index (χ0n) is 6.08. The summed E-state index contributed by atoms with van der Waals surface area (Å²) in [4.78, 5) is 3.93. The SMILES string of the molecule is Sc1nnc(Cn2ccnc2)s1. The van der Waals surface area contributed by atoms with Crippen LogP contribution >= 0.6 is 24.0 Å². The van der Waals surface area contributed by atoms with Gasteiger partial charge in [0.25, 0.3) is 0 Å². The van der Waals surface area contributed by atoms with E-state index in [2.05, 4.69) is 27.8 Å². The van der Waals surface area contributed by atoms with Crippen LogP contribution in [0.15, 0.2) is 23.1 Å². The van der Waals surface area contributed by atoms with Gasteiger partial charge in [-0.3, -0.25) is 0 Å². The number of imidazole rings is 1. The van der Waals surface area contributed by atoms with Crippen molar-refractivity contribution in [3.05, 3.63) is 23.7 Å². The van der Waals surface area contributed by atoms with Crippen LogP contribution < -0.4 is 0 Å². The van der Waals surface area contributed by atoms with Crippen LogP contribution in [0.4, 0.5) is 0 Å². The molecule has 2 aromatic rings. The van der Waals surface area contributed by atoms with E-state index in [1.807, 2.05) is 10.8 Å². The molecule has 0 aromatic carbocycles. The lowest BCUT2D eigenvalue weighted by Crippen LogP contribution is -1.95. The Labute approximate surface area is 78.7 Å². The van der Waals surface area contributed by atoms with Crippen molar-refractivity contribution in [2.45, 2.75) is 10.9 Å². The van der Waals surface area contributed by atoms with Crippen LogP contribution in [0.5, 0.6) is 0 Å². The average Bonchev–Trinajstić information content (AvgIpc) is 2.63. The Balaban J connectivity index is 2.14. The normalized spacial score (nSPS) is 10.4. The fourth-order valence-corrected chi connectivity index (χ4v) is 1.79. The maximum atomic E-state index is 4.08. The van der Waals surface area contributed by atoms with Crippen molar-refractivity contribution < 1.29 is 0 Å². The second kappa shape index (κ2) is 3.24. The first kappa shape index (κ1) is 7.75. The molecule has 2 aromatic heterocycles. The van der Waals surface area contributed by atoms with Gasteiger partial charge in [-0.15, -0.1) is 22.8 Å². The average molecular weight is 198 g/mol. The zero-order valence-corrected chi connectivity index (χ0v) is 7.79. The van der Waals surface area contributed by atoms with Gasteiger partial charge in [0, 0.05) is 12.4 Å². The Hall–Kier alpha value is -0.880. The van der Waals surface area contributed by atoms with Crippen LogP contribution in [-0.4, -0.2) is 19.7 Å². The summed E-state index contributed by atoms with van der Waals surface area (Å²) < 4.78 is 2.64. The molecular weight excluding hydrogens is 192 g/mol. The van der Waals surface area contributed by atoms with E-state index in [1.165, 1.54) is 11.3 Å². The molecule has 0 aliphatic carbocycles. The second-order valence-electron chi connectivity index (χ2n) is 2.21. The van der Waals surface area contributed by atoms with Gasteiger partial charge in [-0.1, -0.05) is 11.3 Å². The van der Waals surface area contributed by atoms with E-state index in [1.54, 1.807) is 12.5 Å². The molecule has 0 saturated heterocycles. The van der Waals surface area contributed by atoms with Gasteiger partial charge >= 0.3 is 0 Å². The molecule has 0 radical (unpaired) electrons. The summed E-state index contributed by atoms with van der Waals surface area (Å²) >= 11 is 5.56. The number of hydrogen-bond donors (Lipinski definition) is 1. The Bertz CT molecular complexity index is 353. The van der Waals surface area contributed by atoms with E-state index >= 15 is 0 Å². The molecular formula is C6H6N4S2. The highest BCUT2D eigenvalue weighted by atomic mass is 32.2. The quantitative estimate of drug-likeness (QED) is 0.734. The molecule has 0 aliphatic rings. The molecule has 0 aliphatic heterocycles. The van der Waals surface area contributed by atoms with Gasteiger partial charge < -0.3 is 4.57 Å². The standard InChI is InChI=1S/C6H6N4S2/c11-6-9-8-5(12-6)3-10-2-1-7-4-10/h1-2,4H,3H2,(H,9,11). The van der Waals surface area contributed by atoms with Crippen LogP contribution in [0.25, 0.3) is 0 Å². The third kappa shape index (κ3) is 1.64. The van der Waals surface area contributed by atoms with E-state index in [-0.39, 0.29) is 0 Å². The van der Waals surface area contributed by atoms with Crippen molar-refractivity contribution >= 4 is 24.0 Å². The third-order valence-electron chi connectivity index (χ3n) is 1.33. The number of rotatable bonds is 2. The van der Waals surface area contributed by atoms with Crippen molar-refractivity contribution in [3.63, 3.8) is 0 Å². The van der Waals surface area contributed by atoms with Gasteiger partial charge in [-0.2, -0.15) is 0 Å². The fraction of sp³-hybridized carbons (Fsp3) is 0.167. The Morgan fingerprint density at radius 3 is 3.00 bits per heavy atom. The van der Waals surface area contributed by atoms with Crippen LogP contribution in [0.2, 0.25) is 0 Å². The molecule has 0 N–H and O–H groups in total. The van der Waals surface area contributed by atoms with Gasteiger partial charge in [-0.25, -0.2) is 4.98 Å². The highest BCUT2D eigenvalue weighted by Crippen LogP contribution is 2.13. The predicted octanol–water partition coefficient (Wildman–Crippen LogP) is 1.07. The van der Waals surface area contributed by atoms with E-state index in [4.69, 9.17) is 0 Å². The van der Waals surface area contributed by atoms with E-state index < -0.39 is 0 Å². The van der Waals surface area contributed by atoms with Gasteiger partial charge in [-0.05, 0) is 0 Å². The molecule has 4 nitrogen and oxygen atoms in total. The van der Waals surface area contributed by atoms with E-state index in [0.717, 1.165) is 11.6 Å². The minimum Gasteiger partial charge on any atom is -0.331 e. The van der Waals surface area contributed by atoms with Gasteiger partial charge in [0.2, 0.25) is 0 Å². The first-order valence-corrected chi connectivity index (χ1v) is 4.58. The van der Waals surface area contributed by atoms with Crippen LogP contribution in [0.1, 0.15) is 5.01 Å². The number of aromatic nitrogens is 4. The van der Waals surface area contributed by atoms with Gasteiger partial charge in [0.1, 0.15) is 5.01 Å². The molecule has 0 amide bonds. The first-order chi connectivity index (χ1) is 5.84. The maximum Gasteiger partial charge on any atom is 0.171 e. The first-order valence-electron chi connectivity index (χ1n) is 3.31. The number of nitrogens with zero attached hydrogens (tertiary/aromatic N) is 4. The molecule has 6 heteroatoms. The van der Waals surface area contributed by atoms with Crippen molar-refractivity contribution in [2.75, 3.05) is 0 Å². The molecule has 0 unspecified atom stereocenters. The monoisotopic (exact) mass is 198 g/mol. The Kier molecular flexibility index (Phi) is 2.09. The minimum absolute atomic E-state index is 0.699. The van der Waals surface area contributed by atoms with Crippen molar-refractivity contribution in [3.8, 4) is 0 Å². The van der Waals surface area contributed by atoms with Crippen LogP contribution in [0.3, 0.4) is 0 Å². The molecule has 62 valence electrons. The lowest BCUT2D eigenvalue weighted by molar-refractivity contribution is 0.773. The second-order valence-corrected chi connectivity index (χ2v) is 4.00. The number of hydrogen-bond acceptors (Lipinski definition) is 5. The van der Waals surface area contributed by atoms with E-state index in [9.17, 15) is 0 Å². The summed E-state index contributed by atoms with van der Waals surface area (Å²) in [5.41, 5.74) is 0. The summed E-state index contributed by atoms with van der Waals surface area (Å²) in [5, 5.41) is 8.67. The van der Waals surface area contributed by atoms with Crippen molar-refractivity contribution in [2.24, 2.45) is 0 Å². The number of thiol groups is 1. The topological polar surface area (TPSA) is 43.6 Å². The lowest BCUT2D eigenvalue weighted by atomic mass is 10.6. The minimum atomic E-state index is 0.699. The predicted molar refractivity (Wildman–Crippen MR) is 48.5 cm³/mol. The third-order valence-corrected chi connectivity index (χ3v) is 2.41. The Morgan fingerprint density at radius 2 is 2.42 bits per heavy atom. The summed E-state index contributed by atoms with van der Waals surface area (Å²) in [6, 6.07) is 0. The molecule has 0 atom stereocenters. The van der Waals surface area contributed by atoms with Gasteiger partial charge in [0.15, 0.2) is 4.34 Å². The highest BCUT2D eigenvalue weighted by Gasteiger charge is 2.00. The molecule has 0 bridgehead atoms. The molecule has 2 rings (SSSR count). The largest absolute Gasteiger partial charge is 0.331 e. The van der Waals surface area contributed by atoms with Crippen LogP contribution in [0, 0.1) is 0 Å². The zero-order chi connectivity index (χ0) is 8.39. The summed E-state index contributed by atoms with van der Waals surface area (Å²) in [6.07, 6.45) is 5.38. The highest BCUT2D eigenvalue weighted by molar-refractivity contribution is 7.82. The lowest BCUT2D eigenvalue weighted by Gasteiger charge is -1.93. The fourth-order valence-electron chi connectivity index (χ4n) is 0.845. The van der Waals surface area contributed by atoms with Crippen molar-refractivity contribution in [1.82, 2.24) is 19.7 Å². The van der Waals surface area contributed by atoms with E-state index in [0.29, 0.717) is 4.34 Å². The summed E-state index contributed by atoms with van der Waals surface area (Å²) in [6.45, 7) is 0.720. The Morgan fingerprint density at radius 1 is 1.50 bits per heavy atom. The molecule has 12 heavy (non-hydrogen) atoms. The summed E-state index contributed by atoms with van der Waals surface area (Å²) in [5.74, 6) is 0. The van der Waals surface area contributed by atoms with Crippen LogP contribution in [-0.2, 0) is 6.54 Å². The molecule has 2 heterocycles. The maximum absolute atomic E-state index is 4.08. The smallest absolute Gasteiger partial charge is 0.171 e. The molecule has 0 fully saturated rings. The van der Waals surface area contributed by atoms with Crippen molar-refractivity contribution in [1.29, 1.82) is 0 Å². The molecule has 0 spiro atoms. The summed E-state index contributed by atoms with van der Waals surface area (Å²) in [7, 11) is 0. The molecule has 0 saturated carbocycles. The van der Waals surface area contributed by atoms with Gasteiger partial charge in [0.05, 0.1) is 12.9 Å².